The van der Waals surface area contributed by atoms with E-state index in [1.54, 1.807) is 11.3 Å². The molecule has 0 aliphatic carbocycles. The zero-order chi connectivity index (χ0) is 17.6. The molecule has 0 amide bonds. The van der Waals surface area contributed by atoms with Crippen molar-refractivity contribution in [3.8, 4) is 33.8 Å². The first-order valence-corrected chi connectivity index (χ1v) is 9.19. The van der Waals surface area contributed by atoms with Crippen LogP contribution in [0.2, 0.25) is 0 Å². The minimum Gasteiger partial charge on any atom is -0.457 e. The van der Waals surface area contributed by atoms with Gasteiger partial charge in [-0.3, -0.25) is 0 Å². The Labute approximate surface area is 157 Å². The number of para-hydroxylation sites is 1. The molecule has 0 atom stereocenters. The Morgan fingerprint density at radius 1 is 0.577 bits per heavy atom. The Balaban J connectivity index is 1.46. The van der Waals surface area contributed by atoms with Gasteiger partial charge in [0, 0.05) is 10.4 Å². The number of benzene rings is 3. The quantitative estimate of drug-likeness (QED) is 0.377. The fourth-order valence-electron chi connectivity index (χ4n) is 2.53. The highest BCUT2D eigenvalue weighted by Gasteiger charge is 2.00. The summed E-state index contributed by atoms with van der Waals surface area (Å²) in [4.78, 5) is 2.30. The maximum absolute atomic E-state index is 5.80. The van der Waals surface area contributed by atoms with Gasteiger partial charge < -0.3 is 4.74 Å². The lowest BCUT2D eigenvalue weighted by Crippen LogP contribution is -1.83. The molecule has 1 nitrogen and oxygen atoms in total. The first-order chi connectivity index (χ1) is 12.9. The molecule has 0 radical (unpaired) electrons. The van der Waals surface area contributed by atoms with Crippen LogP contribution >= 0.6 is 11.3 Å². The molecule has 1 aromatic heterocycles. The van der Waals surface area contributed by atoms with Gasteiger partial charge >= 0.3 is 0 Å². The summed E-state index contributed by atoms with van der Waals surface area (Å²) in [5.74, 6) is 8.11. The summed E-state index contributed by atoms with van der Waals surface area (Å²) in [5, 5.41) is 0. The van der Waals surface area contributed by atoms with Crippen LogP contribution in [0.25, 0.3) is 10.4 Å². The molecule has 0 spiro atoms. The van der Waals surface area contributed by atoms with Crippen molar-refractivity contribution in [1.82, 2.24) is 0 Å². The van der Waals surface area contributed by atoms with Gasteiger partial charge in [-0.1, -0.05) is 60.4 Å². The molecule has 0 aliphatic rings. The third-order valence-electron chi connectivity index (χ3n) is 3.83. The lowest BCUT2D eigenvalue weighted by Gasteiger charge is -2.04. The SMILES string of the molecule is C(#Cc1ccc(-c2ccccc2)s1)c1ccc(Oc2ccccc2)cc1. The number of hydrogen-bond donors (Lipinski definition) is 0. The normalized spacial score (nSPS) is 10.0. The van der Waals surface area contributed by atoms with Crippen LogP contribution in [-0.4, -0.2) is 0 Å². The number of thiophene rings is 1. The Bertz CT molecular complexity index is 1040. The molecule has 0 aliphatic heterocycles. The molecule has 4 rings (SSSR count). The first kappa shape index (κ1) is 16.2. The molecule has 0 bridgehead atoms. The Hall–Kier alpha value is -3.28. The molecule has 124 valence electrons. The van der Waals surface area contributed by atoms with Gasteiger partial charge in [0.15, 0.2) is 0 Å². The van der Waals surface area contributed by atoms with E-state index >= 15 is 0 Å². The van der Waals surface area contributed by atoms with Crippen molar-refractivity contribution in [2.24, 2.45) is 0 Å². The number of rotatable bonds is 3. The summed E-state index contributed by atoms with van der Waals surface area (Å²) >= 11 is 1.71. The monoisotopic (exact) mass is 352 g/mol. The number of ether oxygens (including phenoxy) is 1. The third kappa shape index (κ3) is 4.03. The first-order valence-electron chi connectivity index (χ1n) is 8.37. The third-order valence-corrected chi connectivity index (χ3v) is 4.88. The van der Waals surface area contributed by atoms with Gasteiger partial charge in [0.05, 0.1) is 4.88 Å². The molecule has 0 N–H and O–H groups in total. The molecule has 0 fully saturated rings. The van der Waals surface area contributed by atoms with Crippen LogP contribution in [0.5, 0.6) is 11.5 Å². The molecule has 2 heteroatoms. The standard InChI is InChI=1S/C24H16OS/c1-3-7-20(8-4-1)24-18-17-23(26-24)16-13-19-11-14-22(15-12-19)25-21-9-5-2-6-10-21/h1-12,14-15,17-18H. The fraction of sp³-hybridized carbons (Fsp3) is 0. The van der Waals surface area contributed by atoms with Crippen molar-refractivity contribution < 1.29 is 4.74 Å². The summed E-state index contributed by atoms with van der Waals surface area (Å²) < 4.78 is 5.80. The topological polar surface area (TPSA) is 9.23 Å². The minimum atomic E-state index is 0.809. The highest BCUT2D eigenvalue weighted by Crippen LogP contribution is 2.27. The largest absolute Gasteiger partial charge is 0.457 e. The summed E-state index contributed by atoms with van der Waals surface area (Å²) in [6.07, 6.45) is 0. The molecular weight excluding hydrogens is 336 g/mol. The maximum atomic E-state index is 5.80. The van der Waals surface area contributed by atoms with E-state index < -0.39 is 0 Å². The van der Waals surface area contributed by atoms with E-state index in [1.807, 2.05) is 60.7 Å². The van der Waals surface area contributed by atoms with E-state index in [2.05, 4.69) is 48.2 Å². The summed E-state index contributed by atoms with van der Waals surface area (Å²) in [7, 11) is 0. The second-order valence-corrected chi connectivity index (χ2v) is 6.80. The predicted molar refractivity (Wildman–Crippen MR) is 109 cm³/mol. The lowest BCUT2D eigenvalue weighted by atomic mass is 10.2. The zero-order valence-electron chi connectivity index (χ0n) is 14.1. The van der Waals surface area contributed by atoms with Crippen molar-refractivity contribution in [2.45, 2.75) is 0 Å². The van der Waals surface area contributed by atoms with Gasteiger partial charge in [0.2, 0.25) is 0 Å². The van der Waals surface area contributed by atoms with E-state index in [-0.39, 0.29) is 0 Å². The van der Waals surface area contributed by atoms with Gasteiger partial charge in [-0.15, -0.1) is 11.3 Å². The van der Waals surface area contributed by atoms with Crippen LogP contribution in [0.3, 0.4) is 0 Å². The van der Waals surface area contributed by atoms with Crippen molar-refractivity contribution in [1.29, 1.82) is 0 Å². The second kappa shape index (κ2) is 7.74. The molecule has 26 heavy (non-hydrogen) atoms. The van der Waals surface area contributed by atoms with E-state index in [0.29, 0.717) is 0 Å². The van der Waals surface area contributed by atoms with E-state index in [1.165, 1.54) is 10.4 Å². The average Bonchev–Trinajstić information content (AvgIpc) is 3.18. The smallest absolute Gasteiger partial charge is 0.127 e. The van der Waals surface area contributed by atoms with Crippen molar-refractivity contribution in [2.75, 3.05) is 0 Å². The fourth-order valence-corrected chi connectivity index (χ4v) is 3.39. The zero-order valence-corrected chi connectivity index (χ0v) is 14.9. The highest BCUT2D eigenvalue weighted by atomic mass is 32.1. The Kier molecular flexibility index (Phi) is 4.82. The van der Waals surface area contributed by atoms with Crippen molar-refractivity contribution in [3.05, 3.63) is 108 Å². The Morgan fingerprint density at radius 3 is 1.96 bits per heavy atom. The van der Waals surface area contributed by atoms with Crippen LogP contribution in [-0.2, 0) is 0 Å². The molecule has 1 heterocycles. The summed E-state index contributed by atoms with van der Waals surface area (Å²) in [6, 6.07) is 32.2. The average molecular weight is 352 g/mol. The minimum absolute atomic E-state index is 0.809. The van der Waals surface area contributed by atoms with E-state index in [0.717, 1.165) is 21.9 Å². The van der Waals surface area contributed by atoms with Crippen LogP contribution in [0, 0.1) is 11.8 Å². The van der Waals surface area contributed by atoms with E-state index in [9.17, 15) is 0 Å². The highest BCUT2D eigenvalue weighted by molar-refractivity contribution is 7.16. The van der Waals surface area contributed by atoms with Gasteiger partial charge in [0.25, 0.3) is 0 Å². The lowest BCUT2D eigenvalue weighted by molar-refractivity contribution is 0.482. The van der Waals surface area contributed by atoms with Crippen LogP contribution in [0.4, 0.5) is 0 Å². The van der Waals surface area contributed by atoms with E-state index in [4.69, 9.17) is 4.74 Å². The molecule has 4 aromatic rings. The molecule has 0 saturated carbocycles. The maximum Gasteiger partial charge on any atom is 0.127 e. The predicted octanol–water partition coefficient (Wildman–Crippen LogP) is 6.61. The van der Waals surface area contributed by atoms with Gasteiger partial charge in [0.1, 0.15) is 11.5 Å². The summed E-state index contributed by atoms with van der Waals surface area (Å²) in [5.41, 5.74) is 2.20. The van der Waals surface area contributed by atoms with Gasteiger partial charge in [-0.2, -0.15) is 0 Å². The molecular formula is C24H16OS. The Morgan fingerprint density at radius 2 is 1.23 bits per heavy atom. The molecule has 0 saturated heterocycles. The van der Waals surface area contributed by atoms with Crippen LogP contribution in [0.15, 0.2) is 97.1 Å². The van der Waals surface area contributed by atoms with Crippen molar-refractivity contribution in [3.63, 3.8) is 0 Å². The second-order valence-electron chi connectivity index (χ2n) is 5.72. The van der Waals surface area contributed by atoms with Gasteiger partial charge in [-0.05, 0) is 54.1 Å². The van der Waals surface area contributed by atoms with Crippen LogP contribution < -0.4 is 4.74 Å². The molecule has 0 unspecified atom stereocenters. The van der Waals surface area contributed by atoms with Crippen molar-refractivity contribution >= 4 is 11.3 Å². The van der Waals surface area contributed by atoms with Gasteiger partial charge in [-0.25, -0.2) is 0 Å². The number of hydrogen-bond acceptors (Lipinski definition) is 2. The summed E-state index contributed by atoms with van der Waals surface area (Å²) in [6.45, 7) is 0. The van der Waals surface area contributed by atoms with Crippen LogP contribution in [0.1, 0.15) is 10.4 Å². The molecule has 3 aromatic carbocycles.